The average molecular weight is 529 g/mol. The molecule has 38 heavy (non-hydrogen) atoms. The molecule has 2 fully saturated rings. The van der Waals surface area contributed by atoms with Crippen LogP contribution in [0.15, 0.2) is 78.9 Å². The smallest absolute Gasteiger partial charge is 0.228 e. The molecule has 0 aromatic heterocycles. The largest absolute Gasteiger partial charge is 0.385 e. The Morgan fingerprint density at radius 2 is 1.50 bits per heavy atom. The Morgan fingerprint density at radius 3 is 2.32 bits per heavy atom. The number of carbonyl (C=O) groups is 1. The molecule has 1 N–H and O–H groups in total. The molecule has 2 atom stereocenters. The normalized spacial score (nSPS) is 22.7. The minimum Gasteiger partial charge on any atom is -0.385 e. The molecule has 0 radical (unpaired) electrons. The summed E-state index contributed by atoms with van der Waals surface area (Å²) in [6, 6.07) is 28.3. The van der Waals surface area contributed by atoms with Crippen LogP contribution >= 0.6 is 11.6 Å². The van der Waals surface area contributed by atoms with E-state index in [1.165, 1.54) is 23.1 Å². The summed E-state index contributed by atoms with van der Waals surface area (Å²) >= 11 is 6.05. The van der Waals surface area contributed by atoms with Crippen LogP contribution in [0.2, 0.25) is 5.02 Å². The molecule has 6 heteroatoms. The van der Waals surface area contributed by atoms with E-state index in [0.717, 1.165) is 62.8 Å². The molecule has 1 amide bonds. The molecule has 3 heterocycles. The van der Waals surface area contributed by atoms with Gasteiger partial charge in [-0.1, -0.05) is 72.3 Å². The zero-order valence-corrected chi connectivity index (χ0v) is 22.7. The highest BCUT2D eigenvalue weighted by Gasteiger charge is 2.39. The average Bonchev–Trinajstić information content (AvgIpc) is 3.26. The number of hydrogen-bond donors (Lipinski definition) is 1. The predicted molar refractivity (Wildman–Crippen MR) is 154 cm³/mol. The fourth-order valence-electron chi connectivity index (χ4n) is 6.43. The maximum atomic E-state index is 14.0. The van der Waals surface area contributed by atoms with Gasteiger partial charge in [0, 0.05) is 68.6 Å². The third kappa shape index (κ3) is 5.75. The lowest BCUT2D eigenvalue weighted by atomic mass is 9.96. The van der Waals surface area contributed by atoms with E-state index in [9.17, 15) is 4.79 Å². The number of hydrogen-bond acceptors (Lipinski definition) is 4. The van der Waals surface area contributed by atoms with E-state index in [2.05, 4.69) is 86.7 Å². The van der Waals surface area contributed by atoms with Crippen molar-refractivity contribution >= 4 is 23.2 Å². The summed E-state index contributed by atoms with van der Waals surface area (Å²) in [4.78, 5) is 21.2. The van der Waals surface area contributed by atoms with Crippen LogP contribution in [0.1, 0.15) is 36.0 Å². The van der Waals surface area contributed by atoms with Gasteiger partial charge in [0.25, 0.3) is 0 Å². The zero-order chi connectivity index (χ0) is 25.9. The topological polar surface area (TPSA) is 38.8 Å². The van der Waals surface area contributed by atoms with E-state index in [1.54, 1.807) is 0 Å². The number of para-hydroxylation sites is 1. The van der Waals surface area contributed by atoms with E-state index in [-0.39, 0.29) is 5.92 Å². The number of halogens is 1. The molecule has 3 aliphatic heterocycles. The summed E-state index contributed by atoms with van der Waals surface area (Å²) < 4.78 is 0. The fraction of sp³-hybridized carbons (Fsp3) is 0.406. The minimum atomic E-state index is 0.0623. The first-order valence-corrected chi connectivity index (χ1v) is 14.4. The van der Waals surface area contributed by atoms with Crippen LogP contribution < -0.4 is 5.32 Å². The highest BCUT2D eigenvalue weighted by molar-refractivity contribution is 6.30. The molecule has 3 aromatic carbocycles. The maximum absolute atomic E-state index is 14.0. The second-order valence-corrected chi connectivity index (χ2v) is 11.6. The lowest BCUT2D eigenvalue weighted by molar-refractivity contribution is -0.143. The van der Waals surface area contributed by atoms with Gasteiger partial charge in [-0.05, 0) is 54.2 Å². The number of benzene rings is 3. The number of nitrogens with one attached hydrogen (secondary N) is 1. The quantitative estimate of drug-likeness (QED) is 0.464. The zero-order valence-electron chi connectivity index (χ0n) is 21.9. The second kappa shape index (κ2) is 11.5. The van der Waals surface area contributed by atoms with Crippen molar-refractivity contribution < 1.29 is 4.79 Å². The van der Waals surface area contributed by atoms with Crippen LogP contribution in [0.25, 0.3) is 0 Å². The van der Waals surface area contributed by atoms with Crippen molar-refractivity contribution in [3.63, 3.8) is 0 Å². The number of rotatable bonds is 5. The highest BCUT2D eigenvalue weighted by Crippen LogP contribution is 2.32. The highest BCUT2D eigenvalue weighted by atomic mass is 35.5. The number of anilines is 1. The molecule has 2 saturated heterocycles. The first-order valence-electron chi connectivity index (χ1n) is 14.0. The van der Waals surface area contributed by atoms with Gasteiger partial charge >= 0.3 is 0 Å². The Balaban J connectivity index is 1.19. The van der Waals surface area contributed by atoms with Crippen molar-refractivity contribution in [1.29, 1.82) is 0 Å². The Hall–Kier alpha value is -2.86. The van der Waals surface area contributed by atoms with Gasteiger partial charge in [-0.2, -0.15) is 0 Å². The third-order valence-electron chi connectivity index (χ3n) is 8.52. The van der Waals surface area contributed by atoms with Gasteiger partial charge in [-0.25, -0.2) is 0 Å². The second-order valence-electron chi connectivity index (χ2n) is 11.2. The van der Waals surface area contributed by atoms with Gasteiger partial charge in [0.15, 0.2) is 0 Å². The molecular weight excluding hydrogens is 492 g/mol. The summed E-state index contributed by atoms with van der Waals surface area (Å²) in [6.45, 7) is 5.86. The van der Waals surface area contributed by atoms with Crippen LogP contribution in [-0.4, -0.2) is 58.9 Å². The molecule has 0 aliphatic carbocycles. The molecule has 2 bridgehead atoms. The number of nitrogens with zero attached hydrogens (tertiary/aromatic N) is 3. The summed E-state index contributed by atoms with van der Waals surface area (Å²) in [5, 5.41) is 4.46. The Bertz CT molecular complexity index is 1230. The summed E-state index contributed by atoms with van der Waals surface area (Å²) in [6.07, 6.45) is 3.46. The molecule has 0 unspecified atom stereocenters. The van der Waals surface area contributed by atoms with Crippen molar-refractivity contribution in [2.24, 2.45) is 5.92 Å². The van der Waals surface area contributed by atoms with Crippen molar-refractivity contribution in [1.82, 2.24) is 14.7 Å². The number of fused-ring (bicyclic) bond motifs is 3. The Labute approximate surface area is 231 Å². The van der Waals surface area contributed by atoms with E-state index in [1.807, 2.05) is 12.1 Å². The van der Waals surface area contributed by atoms with Gasteiger partial charge in [-0.15, -0.1) is 0 Å². The van der Waals surface area contributed by atoms with Crippen molar-refractivity contribution in [2.45, 2.75) is 51.0 Å². The molecule has 0 saturated carbocycles. The summed E-state index contributed by atoms with van der Waals surface area (Å²) in [5.74, 6) is 0.363. The lowest BCUT2D eigenvalue weighted by Crippen LogP contribution is -2.55. The molecule has 0 spiro atoms. The SMILES string of the molecule is O=C(C1CN(Cc2ccc(Cl)cc2)C1)N1Cc2ccccc2NCC[C@@H]2CC[C@H](C1)N2Cc1ccccc1. The molecule has 5 nitrogen and oxygen atoms in total. The molecule has 6 rings (SSSR count). The van der Waals surface area contributed by atoms with Crippen LogP contribution in [0.3, 0.4) is 0 Å². The predicted octanol–water partition coefficient (Wildman–Crippen LogP) is 5.65. The van der Waals surface area contributed by atoms with Gasteiger partial charge in [-0.3, -0.25) is 14.6 Å². The van der Waals surface area contributed by atoms with Crippen LogP contribution in [0.5, 0.6) is 0 Å². The summed E-state index contributed by atoms with van der Waals surface area (Å²) in [7, 11) is 0. The van der Waals surface area contributed by atoms with Crippen molar-refractivity contribution in [3.8, 4) is 0 Å². The maximum Gasteiger partial charge on any atom is 0.228 e. The van der Waals surface area contributed by atoms with Crippen LogP contribution in [0, 0.1) is 5.92 Å². The molecule has 198 valence electrons. The van der Waals surface area contributed by atoms with Gasteiger partial charge in [0.1, 0.15) is 0 Å². The fourth-order valence-corrected chi connectivity index (χ4v) is 6.56. The molecule has 3 aromatic rings. The van der Waals surface area contributed by atoms with Crippen molar-refractivity contribution in [3.05, 3.63) is 101 Å². The first-order chi connectivity index (χ1) is 18.6. The van der Waals surface area contributed by atoms with Crippen LogP contribution in [0.4, 0.5) is 5.69 Å². The number of likely N-dealkylation sites (tertiary alicyclic amines) is 1. The standard InChI is InChI=1S/C32H37ClN4O/c33-28-12-10-25(11-13-28)18-35-20-27(21-35)32(38)36-22-26-8-4-5-9-31(26)34-17-16-29-14-15-30(23-36)37(29)19-24-6-2-1-3-7-24/h1-13,27,29-30,34H,14-23H2/t29-,30+/m0/s1. The molecule has 3 aliphatic rings. The minimum absolute atomic E-state index is 0.0623. The lowest BCUT2D eigenvalue weighted by Gasteiger charge is -2.42. The van der Waals surface area contributed by atoms with E-state index in [0.29, 0.717) is 24.5 Å². The van der Waals surface area contributed by atoms with Crippen LogP contribution in [-0.2, 0) is 24.4 Å². The van der Waals surface area contributed by atoms with Gasteiger partial charge in [0.2, 0.25) is 5.91 Å². The van der Waals surface area contributed by atoms with E-state index in [4.69, 9.17) is 11.6 Å². The monoisotopic (exact) mass is 528 g/mol. The Morgan fingerprint density at radius 1 is 0.789 bits per heavy atom. The van der Waals surface area contributed by atoms with Gasteiger partial charge < -0.3 is 10.2 Å². The van der Waals surface area contributed by atoms with E-state index >= 15 is 0 Å². The molecular formula is C32H37ClN4O. The van der Waals surface area contributed by atoms with Crippen molar-refractivity contribution in [2.75, 3.05) is 31.5 Å². The first kappa shape index (κ1) is 25.4. The number of carbonyl (C=O) groups excluding carboxylic acids is 1. The number of amides is 1. The third-order valence-corrected chi connectivity index (χ3v) is 8.77. The van der Waals surface area contributed by atoms with Gasteiger partial charge in [0.05, 0.1) is 5.92 Å². The summed E-state index contributed by atoms with van der Waals surface area (Å²) in [5.41, 5.74) is 4.97. The Kier molecular flexibility index (Phi) is 7.68. The van der Waals surface area contributed by atoms with E-state index < -0.39 is 0 Å².